The highest BCUT2D eigenvalue weighted by Gasteiger charge is 2.22. The predicted molar refractivity (Wildman–Crippen MR) is 92.2 cm³/mol. The average Bonchev–Trinajstić information content (AvgIpc) is 2.59. The van der Waals surface area contributed by atoms with E-state index >= 15 is 0 Å². The molecule has 2 rings (SSSR count). The summed E-state index contributed by atoms with van der Waals surface area (Å²) in [5.41, 5.74) is 1.09. The van der Waals surface area contributed by atoms with Crippen molar-refractivity contribution in [3.05, 3.63) is 24.3 Å². The van der Waals surface area contributed by atoms with E-state index in [4.69, 9.17) is 0 Å². The summed E-state index contributed by atoms with van der Waals surface area (Å²) in [7, 11) is 0. The minimum atomic E-state index is -0.141. The van der Waals surface area contributed by atoms with Crippen molar-refractivity contribution in [2.75, 3.05) is 50.7 Å². The molecule has 1 saturated heterocycles. The first kappa shape index (κ1) is 18.1. The van der Waals surface area contributed by atoms with Crippen molar-refractivity contribution in [1.29, 1.82) is 0 Å². The molecule has 24 heavy (non-hydrogen) atoms. The Morgan fingerprint density at radius 3 is 2.42 bits per heavy atom. The molecule has 1 aromatic rings. The van der Waals surface area contributed by atoms with E-state index in [1.54, 1.807) is 12.1 Å². The first-order valence-electron chi connectivity index (χ1n) is 8.49. The molecule has 1 aliphatic heterocycles. The van der Waals surface area contributed by atoms with Gasteiger partial charge in [-0.25, -0.2) is 0 Å². The molecule has 132 valence electrons. The average molecular weight is 335 g/mol. The fourth-order valence-electron chi connectivity index (χ4n) is 2.72. The van der Waals surface area contributed by atoms with Gasteiger partial charge in [0.2, 0.25) is 5.91 Å². The lowest BCUT2D eigenvalue weighted by Crippen LogP contribution is -3.16. The van der Waals surface area contributed by atoms with Gasteiger partial charge in [0.1, 0.15) is 5.75 Å². The van der Waals surface area contributed by atoms with Crippen molar-refractivity contribution in [3.8, 4) is 5.75 Å². The van der Waals surface area contributed by atoms with Crippen molar-refractivity contribution < 1.29 is 19.6 Å². The number of rotatable bonds is 7. The minimum absolute atomic E-state index is 0.0474. The number of hydrogen-bond acceptors (Lipinski definition) is 4. The summed E-state index contributed by atoms with van der Waals surface area (Å²) in [6.45, 7) is 6.54. The van der Waals surface area contributed by atoms with Crippen LogP contribution in [0.2, 0.25) is 0 Å². The highest BCUT2D eigenvalue weighted by molar-refractivity contribution is 5.84. The number of nitrogens with zero attached hydrogens (tertiary/aromatic N) is 1. The van der Waals surface area contributed by atoms with Crippen LogP contribution >= 0.6 is 0 Å². The van der Waals surface area contributed by atoms with E-state index in [0.29, 0.717) is 13.1 Å². The van der Waals surface area contributed by atoms with E-state index in [2.05, 4.69) is 15.5 Å². The summed E-state index contributed by atoms with van der Waals surface area (Å²) < 4.78 is 0. The van der Waals surface area contributed by atoms with Crippen molar-refractivity contribution >= 4 is 17.5 Å². The van der Waals surface area contributed by atoms with Crippen LogP contribution in [-0.4, -0.2) is 62.7 Å². The summed E-state index contributed by atoms with van der Waals surface area (Å²) in [6, 6.07) is 7.18. The molecule has 7 nitrogen and oxygen atoms in total. The Morgan fingerprint density at radius 1 is 1.12 bits per heavy atom. The molecule has 0 radical (unpaired) electrons. The molecule has 0 aromatic heterocycles. The van der Waals surface area contributed by atoms with Gasteiger partial charge >= 0.3 is 0 Å². The van der Waals surface area contributed by atoms with Crippen LogP contribution < -0.4 is 20.4 Å². The van der Waals surface area contributed by atoms with Gasteiger partial charge in [-0.15, -0.1) is 0 Å². The van der Waals surface area contributed by atoms with Crippen LogP contribution in [0.25, 0.3) is 0 Å². The molecule has 0 atom stereocenters. The first-order valence-corrected chi connectivity index (χ1v) is 8.49. The van der Waals surface area contributed by atoms with Gasteiger partial charge in [0, 0.05) is 12.2 Å². The minimum Gasteiger partial charge on any atom is -0.508 e. The number of carbonyl (C=O) groups is 2. The summed E-state index contributed by atoms with van der Waals surface area (Å²) in [6.07, 6.45) is 0.884. The van der Waals surface area contributed by atoms with Crippen LogP contribution in [0.4, 0.5) is 5.69 Å². The highest BCUT2D eigenvalue weighted by atomic mass is 16.3. The lowest BCUT2D eigenvalue weighted by Gasteiger charge is -2.33. The molecule has 1 aliphatic rings. The molecule has 1 aromatic carbocycles. The quantitative estimate of drug-likeness (QED) is 0.501. The Labute approximate surface area is 142 Å². The number of benzene rings is 1. The summed E-state index contributed by atoms with van der Waals surface area (Å²) in [5.74, 6) is 0.0368. The molecular formula is C17H27N4O3+. The number of phenolic OH excluding ortho intramolecular Hbond substituents is 1. The van der Waals surface area contributed by atoms with Crippen molar-refractivity contribution in [3.63, 3.8) is 0 Å². The number of phenols is 1. The van der Waals surface area contributed by atoms with E-state index in [1.807, 2.05) is 19.1 Å². The second-order valence-corrected chi connectivity index (χ2v) is 6.06. The lowest BCUT2D eigenvalue weighted by atomic mass is 10.2. The van der Waals surface area contributed by atoms with Crippen LogP contribution in [0, 0.1) is 0 Å². The summed E-state index contributed by atoms with van der Waals surface area (Å²) in [4.78, 5) is 26.9. The van der Waals surface area contributed by atoms with E-state index in [-0.39, 0.29) is 24.1 Å². The third-order valence-corrected chi connectivity index (χ3v) is 4.11. The maximum Gasteiger partial charge on any atom is 0.275 e. The van der Waals surface area contributed by atoms with Gasteiger partial charge in [-0.2, -0.15) is 0 Å². The normalized spacial score (nSPS) is 15.1. The van der Waals surface area contributed by atoms with Gasteiger partial charge in [-0.05, 0) is 30.7 Å². The Hall–Kier alpha value is -2.28. The van der Waals surface area contributed by atoms with Gasteiger partial charge in [-0.1, -0.05) is 6.92 Å². The van der Waals surface area contributed by atoms with Crippen molar-refractivity contribution in [2.45, 2.75) is 13.3 Å². The van der Waals surface area contributed by atoms with E-state index in [9.17, 15) is 14.7 Å². The number of nitrogens with one attached hydrogen (secondary N) is 3. The number of quaternary nitrogens is 1. The van der Waals surface area contributed by atoms with Gasteiger partial charge in [0.05, 0.1) is 32.7 Å². The maximum absolute atomic E-state index is 11.9. The monoisotopic (exact) mass is 335 g/mol. The zero-order valence-electron chi connectivity index (χ0n) is 14.2. The van der Waals surface area contributed by atoms with Crippen LogP contribution in [-0.2, 0) is 9.59 Å². The molecule has 0 saturated carbocycles. The molecule has 2 amide bonds. The number of hydrogen-bond donors (Lipinski definition) is 4. The molecule has 0 bridgehead atoms. The zero-order valence-corrected chi connectivity index (χ0v) is 14.2. The Bertz CT molecular complexity index is 539. The largest absolute Gasteiger partial charge is 0.508 e. The number of anilines is 1. The second kappa shape index (κ2) is 9.12. The second-order valence-electron chi connectivity index (χ2n) is 6.06. The van der Waals surface area contributed by atoms with Gasteiger partial charge in [0.25, 0.3) is 5.91 Å². The SMILES string of the molecule is CCCNC(=O)CNC(=O)C[NH+]1CCN(c2ccc(O)cc2)CC1. The van der Waals surface area contributed by atoms with E-state index in [0.717, 1.165) is 38.3 Å². The molecule has 0 aliphatic carbocycles. The first-order chi connectivity index (χ1) is 11.6. The lowest BCUT2D eigenvalue weighted by molar-refractivity contribution is -0.892. The Morgan fingerprint density at radius 2 is 1.79 bits per heavy atom. The Kier molecular flexibility index (Phi) is 6.87. The van der Waals surface area contributed by atoms with Crippen molar-refractivity contribution in [1.82, 2.24) is 10.6 Å². The predicted octanol–water partition coefficient (Wildman–Crippen LogP) is -1.26. The smallest absolute Gasteiger partial charge is 0.275 e. The fraction of sp³-hybridized carbons (Fsp3) is 0.529. The zero-order chi connectivity index (χ0) is 17.4. The fourth-order valence-corrected chi connectivity index (χ4v) is 2.72. The summed E-state index contributed by atoms with van der Waals surface area (Å²) >= 11 is 0. The number of carbonyl (C=O) groups excluding carboxylic acids is 2. The topological polar surface area (TPSA) is 86.1 Å². The van der Waals surface area contributed by atoms with Crippen LogP contribution in [0.1, 0.15) is 13.3 Å². The van der Waals surface area contributed by atoms with E-state index in [1.165, 1.54) is 4.90 Å². The molecule has 1 fully saturated rings. The molecule has 0 unspecified atom stereocenters. The molecule has 7 heteroatoms. The van der Waals surface area contributed by atoms with Crippen LogP contribution in [0.5, 0.6) is 5.75 Å². The number of amides is 2. The molecule has 4 N–H and O–H groups in total. The summed E-state index contributed by atoms with van der Waals surface area (Å²) in [5, 5.41) is 14.7. The Balaban J connectivity index is 1.68. The molecule has 1 heterocycles. The van der Waals surface area contributed by atoms with E-state index < -0.39 is 0 Å². The maximum atomic E-state index is 11.9. The third-order valence-electron chi connectivity index (χ3n) is 4.11. The van der Waals surface area contributed by atoms with Crippen LogP contribution in [0.3, 0.4) is 0 Å². The van der Waals surface area contributed by atoms with Gasteiger partial charge < -0.3 is 25.5 Å². The van der Waals surface area contributed by atoms with Gasteiger partial charge in [0.15, 0.2) is 6.54 Å². The van der Waals surface area contributed by atoms with Crippen molar-refractivity contribution in [2.24, 2.45) is 0 Å². The van der Waals surface area contributed by atoms with Crippen LogP contribution in [0.15, 0.2) is 24.3 Å². The standard InChI is InChI=1S/C17H26N4O3/c1-2-7-18-16(23)12-19-17(24)13-20-8-10-21(11-9-20)14-3-5-15(22)6-4-14/h3-6,22H,2,7-13H2,1H3,(H,18,23)(H,19,24)/p+1. The number of piperazine rings is 1. The van der Waals surface area contributed by atoms with Gasteiger partial charge in [-0.3, -0.25) is 9.59 Å². The number of aromatic hydroxyl groups is 1. The third kappa shape index (κ3) is 5.73. The highest BCUT2D eigenvalue weighted by Crippen LogP contribution is 2.17. The molecular weight excluding hydrogens is 308 g/mol. The molecule has 0 spiro atoms.